The van der Waals surface area contributed by atoms with Crippen LogP contribution in [0.4, 0.5) is 4.79 Å². The first kappa shape index (κ1) is 18.0. The Bertz CT molecular complexity index is 520. The van der Waals surface area contributed by atoms with Crippen LogP contribution in [0.2, 0.25) is 0 Å². The van der Waals surface area contributed by atoms with Crippen LogP contribution in [0.3, 0.4) is 0 Å². The summed E-state index contributed by atoms with van der Waals surface area (Å²) in [5.41, 5.74) is 0.800. The summed E-state index contributed by atoms with van der Waals surface area (Å²) in [5.74, 6) is -0.669. The fraction of sp³-hybridized carbons (Fsp3) is 0.400. The van der Waals surface area contributed by atoms with Gasteiger partial charge >= 0.3 is 12.1 Å². The Morgan fingerprint density at radius 3 is 2.45 bits per heavy atom. The zero-order chi connectivity index (χ0) is 16.5. The van der Waals surface area contributed by atoms with E-state index in [0.717, 1.165) is 22.2 Å². The van der Waals surface area contributed by atoms with Crippen LogP contribution in [0.1, 0.15) is 18.9 Å². The van der Waals surface area contributed by atoms with Crippen molar-refractivity contribution >= 4 is 28.9 Å². The predicted molar refractivity (Wildman–Crippen MR) is 83.6 cm³/mol. The molecule has 22 heavy (non-hydrogen) atoms. The highest BCUT2D eigenvalue weighted by atomic mass is 32.2. The summed E-state index contributed by atoms with van der Waals surface area (Å²) in [4.78, 5) is 35.7. The van der Waals surface area contributed by atoms with E-state index in [1.165, 1.54) is 7.05 Å². The molecule has 0 heterocycles. The molecule has 0 bridgehead atoms. The predicted octanol–water partition coefficient (Wildman–Crippen LogP) is 2.38. The first-order valence-electron chi connectivity index (χ1n) is 6.77. The number of hydrogen-bond acceptors (Lipinski definition) is 5. The molecule has 1 amide bonds. The third kappa shape index (κ3) is 5.77. The summed E-state index contributed by atoms with van der Waals surface area (Å²) in [7, 11) is 1.32. The van der Waals surface area contributed by atoms with E-state index in [9.17, 15) is 19.5 Å². The molecular weight excluding hydrogens is 306 g/mol. The normalized spacial score (nSPS) is 11.5. The highest BCUT2D eigenvalue weighted by molar-refractivity contribution is 8.13. The molecular formula is C15H19NO5S. The number of nitrogens with zero attached hydrogens (tertiary/aromatic N) is 1. The molecule has 0 saturated carbocycles. The van der Waals surface area contributed by atoms with Gasteiger partial charge in [-0.1, -0.05) is 49.0 Å². The molecule has 0 aliphatic carbocycles. The molecule has 0 aliphatic heterocycles. The topological polar surface area (TPSA) is 83.9 Å². The van der Waals surface area contributed by atoms with E-state index in [4.69, 9.17) is 4.74 Å². The first-order chi connectivity index (χ1) is 10.5. The lowest BCUT2D eigenvalue weighted by atomic mass is 10.2. The number of carboxylic acids is 1. The van der Waals surface area contributed by atoms with Gasteiger partial charge in [0, 0.05) is 13.5 Å². The number of carbonyl (C=O) groups is 3. The minimum absolute atomic E-state index is 0.0496. The molecule has 6 nitrogen and oxygen atoms in total. The van der Waals surface area contributed by atoms with Crippen molar-refractivity contribution in [3.05, 3.63) is 35.9 Å². The van der Waals surface area contributed by atoms with E-state index in [2.05, 4.69) is 0 Å². The van der Waals surface area contributed by atoms with E-state index < -0.39 is 18.1 Å². The molecule has 1 atom stereocenters. The Morgan fingerprint density at radius 1 is 1.27 bits per heavy atom. The van der Waals surface area contributed by atoms with Gasteiger partial charge in [0.2, 0.25) is 0 Å². The Kier molecular flexibility index (Phi) is 7.45. The Hall–Kier alpha value is -2.02. The summed E-state index contributed by atoms with van der Waals surface area (Å²) in [6, 6.07) is 7.83. The lowest BCUT2D eigenvalue weighted by molar-refractivity contribution is -0.143. The van der Waals surface area contributed by atoms with Crippen molar-refractivity contribution in [1.29, 1.82) is 0 Å². The Labute approximate surface area is 133 Å². The van der Waals surface area contributed by atoms with Crippen LogP contribution in [0.25, 0.3) is 0 Å². The van der Waals surface area contributed by atoms with Crippen LogP contribution in [0.5, 0.6) is 0 Å². The Morgan fingerprint density at radius 2 is 1.91 bits per heavy atom. The van der Waals surface area contributed by atoms with Gasteiger partial charge in [-0.3, -0.25) is 9.69 Å². The van der Waals surface area contributed by atoms with Gasteiger partial charge in [0.05, 0.1) is 0 Å². The maximum Gasteiger partial charge on any atom is 0.410 e. The molecule has 1 N–H and O–H groups in total. The number of hydrogen-bond donors (Lipinski definition) is 1. The second-order valence-corrected chi connectivity index (χ2v) is 5.84. The number of aliphatic carboxylic acids is 1. The maximum atomic E-state index is 11.9. The monoisotopic (exact) mass is 325 g/mol. The maximum absolute atomic E-state index is 11.9. The first-order valence-corrected chi connectivity index (χ1v) is 7.76. The van der Waals surface area contributed by atoms with Gasteiger partial charge in [0.15, 0.2) is 5.12 Å². The van der Waals surface area contributed by atoms with Crippen LogP contribution >= 0.6 is 11.8 Å². The number of rotatable bonds is 7. The van der Waals surface area contributed by atoms with E-state index in [-0.39, 0.29) is 18.1 Å². The summed E-state index contributed by atoms with van der Waals surface area (Å²) in [6.45, 7) is 1.85. The molecule has 1 aromatic carbocycles. The fourth-order valence-corrected chi connectivity index (χ4v) is 2.31. The number of benzene rings is 1. The standard InChI is InChI=1S/C15H19NO5S/c1-3-22-13(17)9-12(14(18)19)16(2)15(20)21-10-11-7-5-4-6-8-11/h4-8,12H,3,9-10H2,1-2H3,(H,18,19). The van der Waals surface area contributed by atoms with Gasteiger partial charge in [0.25, 0.3) is 0 Å². The molecule has 120 valence electrons. The largest absolute Gasteiger partial charge is 0.480 e. The van der Waals surface area contributed by atoms with Gasteiger partial charge in [-0.25, -0.2) is 9.59 Å². The summed E-state index contributed by atoms with van der Waals surface area (Å²) < 4.78 is 5.07. The number of amides is 1. The summed E-state index contributed by atoms with van der Waals surface area (Å²) >= 11 is 1.04. The van der Waals surface area contributed by atoms with Crippen molar-refractivity contribution in [3.63, 3.8) is 0 Å². The second-order valence-electron chi connectivity index (χ2n) is 4.51. The molecule has 0 spiro atoms. The van der Waals surface area contributed by atoms with Crippen molar-refractivity contribution in [2.24, 2.45) is 0 Å². The van der Waals surface area contributed by atoms with E-state index in [1.54, 1.807) is 19.1 Å². The summed E-state index contributed by atoms with van der Waals surface area (Å²) in [5, 5.41) is 8.92. The highest BCUT2D eigenvalue weighted by Gasteiger charge is 2.29. The zero-order valence-corrected chi connectivity index (χ0v) is 13.3. The number of carboxylic acid groups (broad SMARTS) is 1. The van der Waals surface area contributed by atoms with Gasteiger partial charge < -0.3 is 9.84 Å². The Balaban J connectivity index is 2.60. The molecule has 0 saturated heterocycles. The van der Waals surface area contributed by atoms with Gasteiger partial charge in [-0.2, -0.15) is 0 Å². The van der Waals surface area contributed by atoms with Crippen LogP contribution in [0.15, 0.2) is 30.3 Å². The lowest BCUT2D eigenvalue weighted by Gasteiger charge is -2.23. The number of ether oxygens (including phenoxy) is 1. The molecule has 0 fully saturated rings. The molecule has 1 aromatic rings. The average Bonchev–Trinajstić information content (AvgIpc) is 2.50. The molecule has 0 aromatic heterocycles. The van der Waals surface area contributed by atoms with Crippen molar-refractivity contribution in [2.75, 3.05) is 12.8 Å². The number of likely N-dealkylation sites (N-methyl/N-ethyl adjacent to an activating group) is 1. The van der Waals surface area contributed by atoms with Crippen LogP contribution in [-0.4, -0.2) is 46.0 Å². The van der Waals surface area contributed by atoms with Crippen molar-refractivity contribution in [2.45, 2.75) is 26.0 Å². The van der Waals surface area contributed by atoms with Crippen LogP contribution < -0.4 is 0 Å². The smallest absolute Gasteiger partial charge is 0.410 e. The molecule has 7 heteroatoms. The van der Waals surface area contributed by atoms with E-state index >= 15 is 0 Å². The quantitative estimate of drug-likeness (QED) is 0.828. The highest BCUT2D eigenvalue weighted by Crippen LogP contribution is 2.13. The van der Waals surface area contributed by atoms with Crippen molar-refractivity contribution in [1.82, 2.24) is 4.90 Å². The van der Waals surface area contributed by atoms with Crippen LogP contribution in [0, 0.1) is 0 Å². The van der Waals surface area contributed by atoms with Crippen molar-refractivity contribution < 1.29 is 24.2 Å². The molecule has 0 radical (unpaired) electrons. The SMILES string of the molecule is CCSC(=O)CC(C(=O)O)N(C)C(=O)OCc1ccccc1. The third-order valence-electron chi connectivity index (χ3n) is 2.91. The minimum Gasteiger partial charge on any atom is -0.480 e. The number of thioether (sulfide) groups is 1. The molecule has 0 aliphatic rings. The van der Waals surface area contributed by atoms with Gasteiger partial charge in [0.1, 0.15) is 12.6 Å². The lowest BCUT2D eigenvalue weighted by Crippen LogP contribution is -2.43. The van der Waals surface area contributed by atoms with Gasteiger partial charge in [-0.15, -0.1) is 0 Å². The van der Waals surface area contributed by atoms with Gasteiger partial charge in [-0.05, 0) is 11.3 Å². The molecule has 1 unspecified atom stereocenters. The minimum atomic E-state index is -1.23. The van der Waals surface area contributed by atoms with Crippen molar-refractivity contribution in [3.8, 4) is 0 Å². The van der Waals surface area contributed by atoms with Crippen LogP contribution in [-0.2, 0) is 20.9 Å². The zero-order valence-electron chi connectivity index (χ0n) is 12.5. The van der Waals surface area contributed by atoms with E-state index in [1.807, 2.05) is 18.2 Å². The average molecular weight is 325 g/mol. The van der Waals surface area contributed by atoms with E-state index in [0.29, 0.717) is 5.75 Å². The fourth-order valence-electron chi connectivity index (χ4n) is 1.72. The third-order valence-corrected chi connectivity index (χ3v) is 3.69. The number of carbonyl (C=O) groups excluding carboxylic acids is 2. The summed E-state index contributed by atoms with van der Waals surface area (Å²) in [6.07, 6.45) is -1.02. The molecule has 1 rings (SSSR count). The second kappa shape index (κ2) is 9.09.